The molecule has 1 amide bonds. The maximum atomic E-state index is 12.4. The van der Waals surface area contributed by atoms with Crippen molar-refractivity contribution in [1.82, 2.24) is 5.32 Å². The van der Waals surface area contributed by atoms with Crippen LogP contribution in [-0.4, -0.2) is 47.4 Å². The fraction of sp³-hybridized carbons (Fsp3) is 0.871. The standard InChI is InChI=1S/C62H117NO5/c1-3-5-7-9-11-13-15-34-38-42-46-50-54-60(65)59(58-64)63-61(66)55-51-47-43-39-35-32-30-28-26-24-22-20-18-17-19-21-23-25-27-29-31-33-37-41-45-49-53-57-68-62(67)56-52-48-44-40-36-16-14-12-10-8-6-4-2/h12,14,17-18,50,54,59-60,64-65H,3-11,13,15-16,19-49,51-53,55-58H2,1-2H3,(H,63,66)/b14-12-,18-17-,54-50+. The Hall–Kier alpha value is -1.92. The Labute approximate surface area is 424 Å². The first-order valence-electron chi connectivity index (χ1n) is 30.3. The van der Waals surface area contributed by atoms with Gasteiger partial charge in [-0.15, -0.1) is 0 Å². The molecule has 0 aliphatic carbocycles. The van der Waals surface area contributed by atoms with Gasteiger partial charge < -0.3 is 20.3 Å². The lowest BCUT2D eigenvalue weighted by Crippen LogP contribution is -2.45. The Morgan fingerprint density at radius 2 is 0.691 bits per heavy atom. The van der Waals surface area contributed by atoms with Gasteiger partial charge in [0.25, 0.3) is 0 Å². The van der Waals surface area contributed by atoms with E-state index in [9.17, 15) is 19.8 Å². The molecule has 0 aliphatic rings. The summed E-state index contributed by atoms with van der Waals surface area (Å²) in [6, 6.07) is -0.627. The summed E-state index contributed by atoms with van der Waals surface area (Å²) in [7, 11) is 0. The number of unbranched alkanes of at least 4 members (excludes halogenated alkanes) is 41. The second-order valence-electron chi connectivity index (χ2n) is 20.7. The van der Waals surface area contributed by atoms with Crippen LogP contribution in [0.5, 0.6) is 0 Å². The molecule has 2 unspecified atom stereocenters. The van der Waals surface area contributed by atoms with Crippen LogP contribution in [0.3, 0.4) is 0 Å². The maximum Gasteiger partial charge on any atom is 0.305 e. The van der Waals surface area contributed by atoms with Crippen molar-refractivity contribution in [3.8, 4) is 0 Å². The largest absolute Gasteiger partial charge is 0.466 e. The minimum Gasteiger partial charge on any atom is -0.466 e. The highest BCUT2D eigenvalue weighted by atomic mass is 16.5. The molecule has 0 aliphatic heterocycles. The zero-order chi connectivity index (χ0) is 49.3. The number of esters is 1. The monoisotopic (exact) mass is 956 g/mol. The van der Waals surface area contributed by atoms with Crippen molar-refractivity contribution in [2.45, 2.75) is 334 Å². The number of aliphatic hydroxyl groups is 2. The Kier molecular flexibility index (Phi) is 56.0. The smallest absolute Gasteiger partial charge is 0.305 e. The van der Waals surface area contributed by atoms with E-state index in [1.165, 1.54) is 250 Å². The van der Waals surface area contributed by atoms with E-state index in [2.05, 4.69) is 43.5 Å². The summed E-state index contributed by atoms with van der Waals surface area (Å²) < 4.78 is 5.46. The summed E-state index contributed by atoms with van der Waals surface area (Å²) in [6.07, 6.45) is 71.9. The number of nitrogens with one attached hydrogen (secondary N) is 1. The molecule has 0 saturated carbocycles. The first-order chi connectivity index (χ1) is 33.5. The van der Waals surface area contributed by atoms with Gasteiger partial charge in [-0.1, -0.05) is 262 Å². The molecule has 0 aromatic rings. The molecule has 0 saturated heterocycles. The molecule has 0 radical (unpaired) electrons. The molecular formula is C62H117NO5. The molecule has 0 fully saturated rings. The Bertz CT molecular complexity index is 1100. The third-order valence-corrected chi connectivity index (χ3v) is 13.9. The van der Waals surface area contributed by atoms with Crippen molar-refractivity contribution in [3.05, 3.63) is 36.5 Å². The van der Waals surface area contributed by atoms with Crippen LogP contribution in [0.4, 0.5) is 0 Å². The van der Waals surface area contributed by atoms with Gasteiger partial charge in [0.1, 0.15) is 0 Å². The predicted octanol–water partition coefficient (Wildman–Crippen LogP) is 18.8. The van der Waals surface area contributed by atoms with Crippen LogP contribution >= 0.6 is 0 Å². The van der Waals surface area contributed by atoms with E-state index in [-0.39, 0.29) is 18.5 Å². The van der Waals surface area contributed by atoms with Gasteiger partial charge in [-0.2, -0.15) is 0 Å². The van der Waals surface area contributed by atoms with E-state index in [4.69, 9.17) is 4.74 Å². The summed E-state index contributed by atoms with van der Waals surface area (Å²) in [5, 5.41) is 23.0. The molecule has 3 N–H and O–H groups in total. The van der Waals surface area contributed by atoms with E-state index < -0.39 is 12.1 Å². The molecule has 400 valence electrons. The second-order valence-corrected chi connectivity index (χ2v) is 20.7. The molecule has 0 heterocycles. The summed E-state index contributed by atoms with van der Waals surface area (Å²) in [6.45, 7) is 4.88. The third kappa shape index (κ3) is 53.4. The lowest BCUT2D eigenvalue weighted by molar-refractivity contribution is -0.143. The molecule has 0 rings (SSSR count). The normalized spacial score (nSPS) is 12.8. The summed E-state index contributed by atoms with van der Waals surface area (Å²) in [5.41, 5.74) is 0. The maximum absolute atomic E-state index is 12.4. The van der Waals surface area contributed by atoms with Crippen molar-refractivity contribution in [1.29, 1.82) is 0 Å². The highest BCUT2D eigenvalue weighted by Gasteiger charge is 2.18. The topological polar surface area (TPSA) is 95.9 Å². The highest BCUT2D eigenvalue weighted by Crippen LogP contribution is 2.17. The Balaban J connectivity index is 3.39. The van der Waals surface area contributed by atoms with Gasteiger partial charge in [-0.05, 0) is 83.5 Å². The van der Waals surface area contributed by atoms with Gasteiger partial charge in [0.2, 0.25) is 5.91 Å². The van der Waals surface area contributed by atoms with Gasteiger partial charge in [0.15, 0.2) is 0 Å². The van der Waals surface area contributed by atoms with Crippen LogP contribution in [-0.2, 0) is 14.3 Å². The minimum absolute atomic E-state index is 0.00432. The summed E-state index contributed by atoms with van der Waals surface area (Å²) in [4.78, 5) is 24.4. The number of allylic oxidation sites excluding steroid dienone is 5. The second kappa shape index (κ2) is 57.7. The van der Waals surface area contributed by atoms with E-state index in [0.717, 1.165) is 44.9 Å². The molecule has 6 nitrogen and oxygen atoms in total. The zero-order valence-corrected chi connectivity index (χ0v) is 45.6. The van der Waals surface area contributed by atoms with Crippen molar-refractivity contribution >= 4 is 11.9 Å². The number of amides is 1. The minimum atomic E-state index is -0.844. The number of carbonyl (C=O) groups is 2. The van der Waals surface area contributed by atoms with Gasteiger partial charge in [-0.3, -0.25) is 9.59 Å². The molecule has 0 spiro atoms. The average Bonchev–Trinajstić information content (AvgIpc) is 3.34. The Morgan fingerprint density at radius 3 is 1.07 bits per heavy atom. The van der Waals surface area contributed by atoms with Gasteiger partial charge in [0, 0.05) is 12.8 Å². The molecule has 6 heteroatoms. The molecule has 0 bridgehead atoms. The zero-order valence-electron chi connectivity index (χ0n) is 45.6. The summed E-state index contributed by atoms with van der Waals surface area (Å²) >= 11 is 0. The van der Waals surface area contributed by atoms with Crippen LogP contribution < -0.4 is 5.32 Å². The van der Waals surface area contributed by atoms with E-state index in [1.807, 2.05) is 6.08 Å². The quantitative estimate of drug-likeness (QED) is 0.0321. The van der Waals surface area contributed by atoms with Crippen molar-refractivity contribution < 1.29 is 24.5 Å². The number of aliphatic hydroxyl groups excluding tert-OH is 2. The molecule has 68 heavy (non-hydrogen) atoms. The van der Waals surface area contributed by atoms with Crippen molar-refractivity contribution in [2.75, 3.05) is 13.2 Å². The van der Waals surface area contributed by atoms with Gasteiger partial charge in [0.05, 0.1) is 25.4 Å². The van der Waals surface area contributed by atoms with Crippen LogP contribution in [0, 0.1) is 0 Å². The lowest BCUT2D eigenvalue weighted by atomic mass is 10.0. The molecule has 0 aromatic carbocycles. The number of ether oxygens (including phenoxy) is 1. The van der Waals surface area contributed by atoms with Crippen LogP contribution in [0.2, 0.25) is 0 Å². The Morgan fingerprint density at radius 1 is 0.397 bits per heavy atom. The van der Waals surface area contributed by atoms with Crippen molar-refractivity contribution in [3.63, 3.8) is 0 Å². The van der Waals surface area contributed by atoms with Gasteiger partial charge in [-0.25, -0.2) is 0 Å². The number of hydrogen-bond acceptors (Lipinski definition) is 5. The van der Waals surface area contributed by atoms with E-state index in [0.29, 0.717) is 19.4 Å². The summed E-state index contributed by atoms with van der Waals surface area (Å²) in [5.74, 6) is -0.0649. The van der Waals surface area contributed by atoms with E-state index in [1.54, 1.807) is 6.08 Å². The van der Waals surface area contributed by atoms with Crippen LogP contribution in [0.1, 0.15) is 322 Å². The molecular weight excluding hydrogens is 839 g/mol. The van der Waals surface area contributed by atoms with Crippen LogP contribution in [0.25, 0.3) is 0 Å². The SMILES string of the molecule is CCCCC/C=C\CCCCCCCC(=O)OCCCCCCCCCCCCCC/C=C\CCCCCCCCCCCCCC(=O)NC(CO)C(O)/C=C/CCCCCCCCCCCC. The fourth-order valence-corrected chi connectivity index (χ4v) is 9.21. The third-order valence-electron chi connectivity index (χ3n) is 13.9. The number of carbonyl (C=O) groups excluding carboxylic acids is 2. The highest BCUT2D eigenvalue weighted by molar-refractivity contribution is 5.76. The predicted molar refractivity (Wildman–Crippen MR) is 296 cm³/mol. The molecule has 0 aromatic heterocycles. The van der Waals surface area contributed by atoms with Crippen molar-refractivity contribution in [2.24, 2.45) is 0 Å². The van der Waals surface area contributed by atoms with E-state index >= 15 is 0 Å². The van der Waals surface area contributed by atoms with Crippen LogP contribution in [0.15, 0.2) is 36.5 Å². The average molecular weight is 957 g/mol. The molecule has 2 atom stereocenters. The first-order valence-corrected chi connectivity index (χ1v) is 30.3. The fourth-order valence-electron chi connectivity index (χ4n) is 9.21. The first kappa shape index (κ1) is 66.1. The lowest BCUT2D eigenvalue weighted by Gasteiger charge is -2.20. The van der Waals surface area contributed by atoms with Gasteiger partial charge >= 0.3 is 5.97 Å². The number of rotatable bonds is 56. The number of hydrogen-bond donors (Lipinski definition) is 3.